The van der Waals surface area contributed by atoms with Crippen LogP contribution in [0, 0.1) is 0 Å². The van der Waals surface area contributed by atoms with E-state index in [0.29, 0.717) is 12.8 Å². The maximum absolute atomic E-state index is 12.5. The van der Waals surface area contributed by atoms with E-state index < -0.39 is 51.1 Å². The van der Waals surface area contributed by atoms with E-state index >= 15 is 0 Å². The molecule has 0 rings (SSSR count). The molecule has 12 heteroatoms. The number of phosphoric ester groups is 1. The third-order valence-corrected chi connectivity index (χ3v) is 9.21. The molecule has 4 N–H and O–H groups in total. The van der Waals surface area contributed by atoms with Gasteiger partial charge >= 0.3 is 25.7 Å². The van der Waals surface area contributed by atoms with Crippen LogP contribution in [-0.2, 0) is 37.5 Å². The van der Waals surface area contributed by atoms with Gasteiger partial charge in [0, 0.05) is 12.8 Å². The Kier molecular flexibility index (Phi) is 32.2. The van der Waals surface area contributed by atoms with E-state index in [1.165, 1.54) is 89.9 Å². The lowest BCUT2D eigenvalue weighted by Gasteiger charge is -2.20. The molecule has 0 saturated carbocycles. The number of ether oxygens (including phenoxy) is 2. The fourth-order valence-electron chi connectivity index (χ4n) is 5.18. The molecule has 0 aliphatic carbocycles. The Labute approximate surface area is 297 Å². The summed E-state index contributed by atoms with van der Waals surface area (Å²) in [5.41, 5.74) is 5.31. The molecule has 11 nitrogen and oxygen atoms in total. The van der Waals surface area contributed by atoms with Gasteiger partial charge in [-0.15, -0.1) is 0 Å². The van der Waals surface area contributed by atoms with Gasteiger partial charge in [-0.3, -0.25) is 23.4 Å². The smallest absolute Gasteiger partial charge is 0.472 e. The Morgan fingerprint density at radius 2 is 1.02 bits per heavy atom. The second-order valence-corrected chi connectivity index (χ2v) is 14.5. The molecule has 0 aliphatic heterocycles. The molecule has 1 unspecified atom stereocenters. The highest BCUT2D eigenvalue weighted by Crippen LogP contribution is 2.43. The number of carbonyl (C=O) groups excluding carboxylic acids is 2. The largest absolute Gasteiger partial charge is 0.480 e. The number of carboxylic acids is 1. The molecule has 0 aromatic heterocycles. The molecule has 0 aromatic carbocycles. The average Bonchev–Trinajstić information content (AvgIpc) is 3.07. The number of allylic oxidation sites excluding steroid dienone is 2. The second-order valence-electron chi connectivity index (χ2n) is 13.1. The van der Waals surface area contributed by atoms with Crippen molar-refractivity contribution in [2.24, 2.45) is 5.73 Å². The third-order valence-electron chi connectivity index (χ3n) is 8.26. The molecule has 0 bridgehead atoms. The molecule has 0 saturated heterocycles. The molecule has 0 spiro atoms. The molecule has 0 fully saturated rings. The van der Waals surface area contributed by atoms with Crippen LogP contribution in [0.25, 0.3) is 0 Å². The van der Waals surface area contributed by atoms with Crippen molar-refractivity contribution in [2.45, 2.75) is 187 Å². The number of carboxylic acid groups (broad SMARTS) is 1. The normalized spacial score (nSPS) is 14.0. The minimum Gasteiger partial charge on any atom is -0.480 e. The average molecular weight is 720 g/mol. The fourth-order valence-corrected chi connectivity index (χ4v) is 5.95. The summed E-state index contributed by atoms with van der Waals surface area (Å²) in [6.07, 6.45) is 30.0. The monoisotopic (exact) mass is 719 g/mol. The van der Waals surface area contributed by atoms with E-state index in [2.05, 4.69) is 30.5 Å². The van der Waals surface area contributed by atoms with Crippen LogP contribution in [0.2, 0.25) is 0 Å². The van der Waals surface area contributed by atoms with E-state index in [9.17, 15) is 23.8 Å². The Morgan fingerprint density at radius 3 is 1.51 bits per heavy atom. The number of unbranched alkanes of at least 4 members (excludes halogenated alkanes) is 20. The van der Waals surface area contributed by atoms with Gasteiger partial charge in [-0.25, -0.2) is 4.57 Å². The summed E-state index contributed by atoms with van der Waals surface area (Å²) in [6.45, 7) is 2.76. The van der Waals surface area contributed by atoms with Gasteiger partial charge in [0.15, 0.2) is 6.10 Å². The van der Waals surface area contributed by atoms with Crippen molar-refractivity contribution in [3.63, 3.8) is 0 Å². The molecule has 0 aromatic rings. The minimum atomic E-state index is -4.71. The number of hydrogen-bond donors (Lipinski definition) is 3. The van der Waals surface area contributed by atoms with Crippen LogP contribution in [0.4, 0.5) is 0 Å². The number of hydrogen-bond acceptors (Lipinski definition) is 9. The third kappa shape index (κ3) is 33.1. The zero-order valence-corrected chi connectivity index (χ0v) is 31.7. The molecule has 3 atom stereocenters. The summed E-state index contributed by atoms with van der Waals surface area (Å²) in [6, 6.07) is -1.52. The maximum atomic E-state index is 12.5. The highest BCUT2D eigenvalue weighted by atomic mass is 31.2. The first-order chi connectivity index (χ1) is 23.6. The molecule has 0 heterocycles. The first-order valence-corrected chi connectivity index (χ1v) is 20.7. The van der Waals surface area contributed by atoms with Crippen molar-refractivity contribution in [1.29, 1.82) is 0 Å². The molecule has 0 radical (unpaired) electrons. The van der Waals surface area contributed by atoms with Gasteiger partial charge in [-0.05, 0) is 38.5 Å². The summed E-state index contributed by atoms with van der Waals surface area (Å²) >= 11 is 0. The zero-order valence-electron chi connectivity index (χ0n) is 30.8. The van der Waals surface area contributed by atoms with Crippen molar-refractivity contribution in [3.05, 3.63) is 12.2 Å². The Balaban J connectivity index is 4.44. The lowest BCUT2D eigenvalue weighted by Crippen LogP contribution is -2.34. The van der Waals surface area contributed by atoms with Crippen LogP contribution in [0.15, 0.2) is 12.2 Å². The number of carbonyl (C=O) groups is 3. The molecule has 0 amide bonds. The van der Waals surface area contributed by atoms with E-state index in [4.69, 9.17) is 24.8 Å². The summed E-state index contributed by atoms with van der Waals surface area (Å²) in [7, 11) is -4.71. The van der Waals surface area contributed by atoms with Crippen LogP contribution < -0.4 is 5.73 Å². The van der Waals surface area contributed by atoms with Crippen molar-refractivity contribution in [3.8, 4) is 0 Å². The number of aliphatic carboxylic acids is 1. The van der Waals surface area contributed by atoms with Gasteiger partial charge in [0.25, 0.3) is 0 Å². The fraction of sp³-hybridized carbons (Fsp3) is 0.865. The van der Waals surface area contributed by atoms with Gasteiger partial charge < -0.3 is 25.2 Å². The van der Waals surface area contributed by atoms with Crippen LogP contribution in [-0.4, -0.2) is 59.9 Å². The minimum absolute atomic E-state index is 0.145. The van der Waals surface area contributed by atoms with E-state index in [0.717, 1.165) is 44.9 Å². The van der Waals surface area contributed by atoms with Crippen molar-refractivity contribution >= 4 is 25.7 Å². The predicted octanol–water partition coefficient (Wildman–Crippen LogP) is 9.34. The Hall–Kier alpha value is -1.78. The summed E-state index contributed by atoms with van der Waals surface area (Å²) in [5, 5.41) is 8.85. The van der Waals surface area contributed by atoms with Gasteiger partial charge in [-0.2, -0.15) is 0 Å². The standard InChI is InChI=1S/C37H70NO10P/c1-3-5-7-9-11-13-15-16-17-18-19-21-23-25-27-29-36(40)48-33(31-46-49(43,44)47-32-34(38)37(41)42)30-45-35(39)28-26-24-22-20-14-12-10-8-6-4-2/h18-19,33-34H,3-17,20-32,38H2,1-2H3,(H,41,42)(H,43,44)/b19-18+/t33-,34+/m1/s1. The van der Waals surface area contributed by atoms with Gasteiger partial charge in [0.2, 0.25) is 0 Å². The van der Waals surface area contributed by atoms with E-state index in [1.807, 2.05) is 0 Å². The number of esters is 2. The lowest BCUT2D eigenvalue weighted by molar-refractivity contribution is -0.161. The van der Waals surface area contributed by atoms with Gasteiger partial charge in [0.1, 0.15) is 12.6 Å². The first-order valence-electron chi connectivity index (χ1n) is 19.2. The molecular formula is C37H70NO10P. The van der Waals surface area contributed by atoms with Crippen molar-refractivity contribution in [2.75, 3.05) is 19.8 Å². The first kappa shape index (κ1) is 47.2. The summed E-state index contributed by atoms with van der Waals surface area (Å²) < 4.78 is 32.5. The topological polar surface area (TPSA) is 172 Å². The number of nitrogens with two attached hydrogens (primary N) is 1. The number of rotatable bonds is 36. The maximum Gasteiger partial charge on any atom is 0.472 e. The number of phosphoric acid groups is 1. The second kappa shape index (κ2) is 33.4. The molecular weight excluding hydrogens is 649 g/mol. The summed E-state index contributed by atoms with van der Waals surface area (Å²) in [5.74, 6) is -2.39. The van der Waals surface area contributed by atoms with E-state index in [-0.39, 0.29) is 19.4 Å². The molecule has 0 aliphatic rings. The van der Waals surface area contributed by atoms with Crippen LogP contribution in [0.5, 0.6) is 0 Å². The van der Waals surface area contributed by atoms with Gasteiger partial charge in [-0.1, -0.05) is 135 Å². The van der Waals surface area contributed by atoms with E-state index in [1.54, 1.807) is 0 Å². The quantitative estimate of drug-likeness (QED) is 0.0244. The molecule has 49 heavy (non-hydrogen) atoms. The van der Waals surface area contributed by atoms with Crippen LogP contribution >= 0.6 is 7.82 Å². The Morgan fingerprint density at radius 1 is 0.612 bits per heavy atom. The van der Waals surface area contributed by atoms with Crippen molar-refractivity contribution in [1.82, 2.24) is 0 Å². The molecule has 288 valence electrons. The Bertz CT molecular complexity index is 900. The SMILES string of the molecule is CCCCCCCCCC/C=C/CCCCCC(=O)O[C@H](COC(=O)CCCCCCCCCCCC)COP(=O)(O)OC[C@H](N)C(=O)O. The predicted molar refractivity (Wildman–Crippen MR) is 194 cm³/mol. The summed E-state index contributed by atoms with van der Waals surface area (Å²) in [4.78, 5) is 45.7. The highest BCUT2D eigenvalue weighted by molar-refractivity contribution is 7.47. The van der Waals surface area contributed by atoms with Crippen LogP contribution in [0.3, 0.4) is 0 Å². The highest BCUT2D eigenvalue weighted by Gasteiger charge is 2.28. The zero-order chi connectivity index (χ0) is 36.4. The van der Waals surface area contributed by atoms with Crippen LogP contribution in [0.1, 0.15) is 174 Å². The lowest BCUT2D eigenvalue weighted by atomic mass is 10.1. The van der Waals surface area contributed by atoms with Gasteiger partial charge in [0.05, 0.1) is 13.2 Å². The van der Waals surface area contributed by atoms with Crippen molar-refractivity contribution < 1.29 is 47.5 Å².